The number of nitrogens with zero attached hydrogens (tertiary/aromatic N) is 1. The maximum absolute atomic E-state index is 13.1. The molecule has 1 aliphatic heterocycles. The monoisotopic (exact) mass is 354 g/mol. The van der Waals surface area contributed by atoms with Crippen molar-refractivity contribution < 1.29 is 14.0 Å². The number of para-hydroxylation sites is 1. The standard InChI is InChI=1S/C21H23FN2O2/c1-21(2,3)17-6-4-5-7-18(17)23-20(26)14-12-19(25)24(13-14)16-10-8-15(22)9-11-16/h4-11,14H,12-13H2,1-3H3,(H,23,26)/t14-/m1/s1. The summed E-state index contributed by atoms with van der Waals surface area (Å²) in [5.74, 6) is -1.07. The van der Waals surface area contributed by atoms with Gasteiger partial charge in [0, 0.05) is 24.3 Å². The molecule has 1 saturated heterocycles. The van der Waals surface area contributed by atoms with Crippen molar-refractivity contribution in [2.75, 3.05) is 16.8 Å². The Bertz CT molecular complexity index is 825. The molecule has 0 unspecified atom stereocenters. The number of amides is 2. The maximum Gasteiger partial charge on any atom is 0.229 e. The van der Waals surface area contributed by atoms with E-state index in [1.165, 1.54) is 12.1 Å². The van der Waals surface area contributed by atoms with E-state index in [0.717, 1.165) is 11.3 Å². The van der Waals surface area contributed by atoms with Crippen LogP contribution in [-0.4, -0.2) is 18.4 Å². The lowest BCUT2D eigenvalue weighted by molar-refractivity contribution is -0.122. The largest absolute Gasteiger partial charge is 0.326 e. The van der Waals surface area contributed by atoms with E-state index in [4.69, 9.17) is 0 Å². The molecule has 2 aromatic carbocycles. The highest BCUT2D eigenvalue weighted by Gasteiger charge is 2.35. The highest BCUT2D eigenvalue weighted by atomic mass is 19.1. The summed E-state index contributed by atoms with van der Waals surface area (Å²) in [4.78, 5) is 26.6. The van der Waals surface area contributed by atoms with E-state index in [0.29, 0.717) is 12.2 Å². The van der Waals surface area contributed by atoms with Crippen LogP contribution in [0.2, 0.25) is 0 Å². The van der Waals surface area contributed by atoms with E-state index in [1.54, 1.807) is 17.0 Å². The fraction of sp³-hybridized carbons (Fsp3) is 0.333. The van der Waals surface area contributed by atoms with E-state index in [-0.39, 0.29) is 29.5 Å². The van der Waals surface area contributed by atoms with E-state index < -0.39 is 5.92 Å². The summed E-state index contributed by atoms with van der Waals surface area (Å²) in [5.41, 5.74) is 2.34. The zero-order valence-electron chi connectivity index (χ0n) is 15.3. The highest BCUT2D eigenvalue weighted by Crippen LogP contribution is 2.31. The van der Waals surface area contributed by atoms with Gasteiger partial charge in [0.2, 0.25) is 11.8 Å². The van der Waals surface area contributed by atoms with Crippen LogP contribution in [0.25, 0.3) is 0 Å². The minimum atomic E-state index is -0.430. The normalized spacial score (nSPS) is 17.5. The van der Waals surface area contributed by atoms with Gasteiger partial charge in [-0.25, -0.2) is 4.39 Å². The number of nitrogens with one attached hydrogen (secondary N) is 1. The second kappa shape index (κ2) is 6.90. The van der Waals surface area contributed by atoms with Crippen LogP contribution >= 0.6 is 0 Å². The van der Waals surface area contributed by atoms with Gasteiger partial charge in [-0.1, -0.05) is 39.0 Å². The van der Waals surface area contributed by atoms with Crippen LogP contribution in [0.3, 0.4) is 0 Å². The lowest BCUT2D eigenvalue weighted by Crippen LogP contribution is -2.28. The van der Waals surface area contributed by atoms with Crippen LogP contribution in [0.1, 0.15) is 32.8 Å². The zero-order valence-corrected chi connectivity index (χ0v) is 15.3. The van der Waals surface area contributed by atoms with E-state index in [9.17, 15) is 14.0 Å². The SMILES string of the molecule is CC(C)(C)c1ccccc1NC(=O)[C@@H]1CC(=O)N(c2ccc(F)cc2)C1. The Morgan fingerprint density at radius 3 is 2.42 bits per heavy atom. The summed E-state index contributed by atoms with van der Waals surface area (Å²) in [6.45, 7) is 6.57. The fourth-order valence-electron chi connectivity index (χ4n) is 3.23. The smallest absolute Gasteiger partial charge is 0.229 e. The van der Waals surface area contributed by atoms with Gasteiger partial charge in [0.05, 0.1) is 5.92 Å². The number of carbonyl (C=O) groups is 2. The Morgan fingerprint density at radius 2 is 1.77 bits per heavy atom. The van der Waals surface area contributed by atoms with Gasteiger partial charge in [-0.15, -0.1) is 0 Å². The molecule has 1 N–H and O–H groups in total. The van der Waals surface area contributed by atoms with E-state index >= 15 is 0 Å². The highest BCUT2D eigenvalue weighted by molar-refractivity contribution is 6.03. The molecular formula is C21H23FN2O2. The predicted molar refractivity (Wildman–Crippen MR) is 101 cm³/mol. The van der Waals surface area contributed by atoms with Crippen LogP contribution in [0.15, 0.2) is 48.5 Å². The molecule has 0 aromatic heterocycles. The van der Waals surface area contributed by atoms with Gasteiger partial charge in [0.25, 0.3) is 0 Å². The molecule has 0 aliphatic carbocycles. The molecule has 5 heteroatoms. The van der Waals surface area contributed by atoms with Crippen LogP contribution in [0.4, 0.5) is 15.8 Å². The van der Waals surface area contributed by atoms with Gasteiger partial charge in [-0.3, -0.25) is 9.59 Å². The lowest BCUT2D eigenvalue weighted by atomic mass is 9.85. The second-order valence-corrected chi connectivity index (χ2v) is 7.67. The van der Waals surface area contributed by atoms with Gasteiger partial charge in [-0.05, 0) is 41.3 Å². The first-order valence-electron chi connectivity index (χ1n) is 8.72. The number of benzene rings is 2. The molecule has 0 radical (unpaired) electrons. The Kier molecular flexibility index (Phi) is 4.81. The van der Waals surface area contributed by atoms with Crippen molar-refractivity contribution in [3.8, 4) is 0 Å². The van der Waals surface area contributed by atoms with Crippen LogP contribution < -0.4 is 10.2 Å². The number of hydrogen-bond acceptors (Lipinski definition) is 2. The third-order valence-corrected chi connectivity index (χ3v) is 4.63. The maximum atomic E-state index is 13.1. The summed E-state index contributed by atoms with van der Waals surface area (Å²) in [5, 5.41) is 2.98. The number of carbonyl (C=O) groups excluding carboxylic acids is 2. The number of halogens is 1. The summed E-state index contributed by atoms with van der Waals surface area (Å²) in [6, 6.07) is 13.5. The van der Waals surface area contributed by atoms with Crippen molar-refractivity contribution in [2.24, 2.45) is 5.92 Å². The topological polar surface area (TPSA) is 49.4 Å². The molecule has 2 amide bonds. The van der Waals surface area contributed by atoms with Gasteiger partial charge in [0.15, 0.2) is 0 Å². The first-order valence-corrected chi connectivity index (χ1v) is 8.72. The van der Waals surface area contributed by atoms with Crippen LogP contribution in [0, 0.1) is 11.7 Å². The first-order chi connectivity index (χ1) is 12.3. The first kappa shape index (κ1) is 18.1. The Hall–Kier alpha value is -2.69. The summed E-state index contributed by atoms with van der Waals surface area (Å²) in [6.07, 6.45) is 0.154. The molecule has 136 valence electrons. The minimum Gasteiger partial charge on any atom is -0.326 e. The lowest BCUT2D eigenvalue weighted by Gasteiger charge is -2.23. The summed E-state index contributed by atoms with van der Waals surface area (Å²) < 4.78 is 13.1. The molecule has 3 rings (SSSR count). The van der Waals surface area contributed by atoms with Gasteiger partial charge in [0.1, 0.15) is 5.82 Å². The van der Waals surface area contributed by atoms with Crippen molar-refractivity contribution in [1.29, 1.82) is 0 Å². The molecule has 4 nitrogen and oxygen atoms in total. The van der Waals surface area contributed by atoms with Crippen LogP contribution in [0.5, 0.6) is 0 Å². The number of hydrogen-bond donors (Lipinski definition) is 1. The quantitative estimate of drug-likeness (QED) is 0.902. The van der Waals surface area contributed by atoms with Crippen molar-refractivity contribution in [3.63, 3.8) is 0 Å². The van der Waals surface area contributed by atoms with Crippen molar-refractivity contribution in [2.45, 2.75) is 32.6 Å². The van der Waals surface area contributed by atoms with Crippen molar-refractivity contribution in [3.05, 3.63) is 59.9 Å². The number of anilines is 2. The molecular weight excluding hydrogens is 331 g/mol. The molecule has 1 fully saturated rings. The van der Waals surface area contributed by atoms with Crippen LogP contribution in [-0.2, 0) is 15.0 Å². The molecule has 1 atom stereocenters. The fourth-order valence-corrected chi connectivity index (χ4v) is 3.23. The van der Waals surface area contributed by atoms with E-state index in [1.807, 2.05) is 24.3 Å². The molecule has 1 aliphatic rings. The zero-order chi connectivity index (χ0) is 18.9. The average molecular weight is 354 g/mol. The second-order valence-electron chi connectivity index (χ2n) is 7.67. The van der Waals surface area contributed by atoms with Crippen molar-refractivity contribution in [1.82, 2.24) is 0 Å². The predicted octanol–water partition coefficient (Wildman–Crippen LogP) is 4.11. The molecule has 0 spiro atoms. The molecule has 26 heavy (non-hydrogen) atoms. The summed E-state index contributed by atoms with van der Waals surface area (Å²) >= 11 is 0. The number of rotatable bonds is 3. The average Bonchev–Trinajstić information content (AvgIpc) is 2.97. The minimum absolute atomic E-state index is 0.102. The Morgan fingerprint density at radius 1 is 1.12 bits per heavy atom. The molecule has 0 saturated carbocycles. The van der Waals surface area contributed by atoms with Crippen molar-refractivity contribution >= 4 is 23.2 Å². The Balaban J connectivity index is 1.74. The molecule has 2 aromatic rings. The van der Waals surface area contributed by atoms with E-state index in [2.05, 4.69) is 26.1 Å². The van der Waals surface area contributed by atoms with Gasteiger partial charge < -0.3 is 10.2 Å². The Labute approximate surface area is 153 Å². The molecule has 0 bridgehead atoms. The summed E-state index contributed by atoms with van der Waals surface area (Å²) in [7, 11) is 0. The van der Waals surface area contributed by atoms with Gasteiger partial charge >= 0.3 is 0 Å². The van der Waals surface area contributed by atoms with Gasteiger partial charge in [-0.2, -0.15) is 0 Å². The molecule has 1 heterocycles. The third kappa shape index (κ3) is 3.77. The third-order valence-electron chi connectivity index (χ3n) is 4.63.